The normalized spacial score (nSPS) is 44.6. The number of hydrogen-bond acceptors (Lipinski definition) is 14. The molecule has 26 aliphatic rings. The molecule has 0 aromatic rings. The number of hydrogen-bond donors (Lipinski definition) is 1. The molecule has 1 N–H and O–H groups in total. The molecule has 0 aromatic carbocycles. The number of rotatable bonds is 15. The van der Waals surface area contributed by atoms with Crippen LogP contribution in [0.15, 0.2) is 0 Å². The van der Waals surface area contributed by atoms with Crippen molar-refractivity contribution >= 4 is 0 Å². The predicted octanol–water partition coefficient (Wildman–Crippen LogP) is 19.0. The largest absolute Gasteiger partial charge is 0.385 e. The molecule has 26 rings (SSSR count). The van der Waals surface area contributed by atoms with Crippen LogP contribution in [0.1, 0.15) is 313 Å². The van der Waals surface area contributed by atoms with E-state index in [0.29, 0.717) is 48.5 Å². The average Bonchev–Trinajstić information content (AvgIpc) is 1.71. The second-order valence-corrected chi connectivity index (χ2v) is 40.0. The molecule has 632 valence electrons. The molecule has 14 nitrogen and oxygen atoms in total. The molecule has 0 spiro atoms. The predicted molar refractivity (Wildman–Crippen MR) is 448 cm³/mol. The Hall–Kier alpha value is -0.560. The van der Waals surface area contributed by atoms with Crippen molar-refractivity contribution in [1.29, 1.82) is 0 Å². The van der Waals surface area contributed by atoms with Gasteiger partial charge in [0.2, 0.25) is 0 Å². The summed E-state index contributed by atoms with van der Waals surface area (Å²) >= 11 is 0. The Morgan fingerprint density at radius 1 is 0.385 bits per heavy atom. The number of nitrogens with one attached hydrogen (secondary N) is 1. The first kappa shape index (κ1) is 87.7. The van der Waals surface area contributed by atoms with Gasteiger partial charge in [0.1, 0.15) is 6.23 Å². The Balaban J connectivity index is 0.000000113. The van der Waals surface area contributed by atoms with Crippen molar-refractivity contribution in [2.24, 2.45) is 88.8 Å². The highest BCUT2D eigenvalue weighted by Gasteiger charge is 2.52. The van der Waals surface area contributed by atoms with E-state index in [9.17, 15) is 0 Å². The van der Waals surface area contributed by atoms with E-state index in [0.717, 1.165) is 172 Å². The lowest BCUT2D eigenvalue weighted by Gasteiger charge is -2.56. The van der Waals surface area contributed by atoms with E-state index in [4.69, 9.17) is 33.2 Å². The molecule has 109 heavy (non-hydrogen) atoms. The smallest absolute Gasteiger partial charge is 0.110 e. The lowest BCUT2D eigenvalue weighted by atomic mass is 9.54. The van der Waals surface area contributed by atoms with Gasteiger partial charge in [-0.15, -0.1) is 0 Å². The maximum absolute atomic E-state index is 6.04. The van der Waals surface area contributed by atoms with E-state index in [2.05, 4.69) is 104 Å². The molecule has 14 heteroatoms. The first-order valence-electron chi connectivity index (χ1n) is 48.4. The molecule has 14 aliphatic carbocycles. The molecule has 0 radical (unpaired) electrons. The lowest BCUT2D eigenvalue weighted by Crippen LogP contribution is -2.53. The van der Waals surface area contributed by atoms with Gasteiger partial charge < -0.3 is 62.8 Å². The van der Waals surface area contributed by atoms with Crippen LogP contribution in [0.2, 0.25) is 0 Å². The molecule has 14 atom stereocenters. The Morgan fingerprint density at radius 2 is 0.862 bits per heavy atom. The number of piperidine rings is 10. The molecule has 14 saturated carbocycles. The highest BCUT2D eigenvalue weighted by atomic mass is 16.5. The summed E-state index contributed by atoms with van der Waals surface area (Å²) in [4.78, 5) is 13.0. The molecule has 24 bridgehead atoms. The summed E-state index contributed by atoms with van der Waals surface area (Å²) in [6, 6.07) is 4.35. The summed E-state index contributed by atoms with van der Waals surface area (Å²) in [5.41, 5.74) is 0.351. The minimum atomic E-state index is 0.351. The zero-order chi connectivity index (χ0) is 76.2. The van der Waals surface area contributed by atoms with Crippen molar-refractivity contribution < 1.29 is 37.9 Å². The number of ether oxygens (including phenoxy) is 8. The summed E-state index contributed by atoms with van der Waals surface area (Å²) in [5.74, 6) is 15.3. The number of fused-ring (bicyclic) bond motifs is 18. The highest BCUT2D eigenvalue weighted by Crippen LogP contribution is 2.57. The number of nitrogens with zero attached hydrogens (tertiary/aromatic N) is 5. The van der Waals surface area contributed by atoms with Gasteiger partial charge in [-0.05, 0) is 402 Å². The maximum Gasteiger partial charge on any atom is 0.110 e. The highest BCUT2D eigenvalue weighted by molar-refractivity contribution is 5.04. The fraction of sp³-hybridized carbons (Fsp3) is 1.00. The summed E-state index contributed by atoms with van der Waals surface area (Å²) in [6.45, 7) is 40.9. The third-order valence-electron chi connectivity index (χ3n) is 32.5. The molecule has 12 aliphatic heterocycles. The molecular formula is C95H174N6O8. The fourth-order valence-corrected chi connectivity index (χ4v) is 27.9. The maximum atomic E-state index is 6.04. The van der Waals surface area contributed by atoms with Gasteiger partial charge in [0.25, 0.3) is 0 Å². The lowest BCUT2D eigenvalue weighted by molar-refractivity contribution is -0.159. The van der Waals surface area contributed by atoms with Crippen molar-refractivity contribution in [1.82, 2.24) is 29.8 Å². The number of likely N-dealkylation sites (tertiary alicyclic amines) is 2. The van der Waals surface area contributed by atoms with Crippen molar-refractivity contribution in [3.8, 4) is 0 Å². The van der Waals surface area contributed by atoms with Crippen LogP contribution in [0.5, 0.6) is 0 Å². The van der Waals surface area contributed by atoms with Crippen LogP contribution < -0.4 is 5.32 Å². The van der Waals surface area contributed by atoms with E-state index in [-0.39, 0.29) is 0 Å². The topological polar surface area (TPSA) is 102 Å². The zero-order valence-corrected chi connectivity index (χ0v) is 73.0. The van der Waals surface area contributed by atoms with Crippen LogP contribution in [0, 0.1) is 88.8 Å². The first-order chi connectivity index (χ1) is 53.2. The molecule has 0 amide bonds. The van der Waals surface area contributed by atoms with E-state index in [1.807, 2.05) is 6.92 Å². The zero-order valence-electron chi connectivity index (χ0n) is 73.0. The average molecular weight is 1530 g/mol. The van der Waals surface area contributed by atoms with Crippen LogP contribution in [0.4, 0.5) is 0 Å². The SMILES string of the molecule is C1C2CC3CC1CN(C2)C3.CC1C[C@@H]2C[C@@H](CN2)O1.CCN1CC2CCC1C2.CCN1CC2CCC1C2.CCOC.CCOC12CC3CC(CC(C3)C1)C2.CCOC1C2CCC1CC2.CCOC1CC2CCC1C2.CCOC1CC2CCC1CC2.CCOC1CC2CCCC(C1)N2C.CCOC1CC2CCN1CC2. The van der Waals surface area contributed by atoms with E-state index >= 15 is 0 Å². The third kappa shape index (κ3) is 25.0. The Labute approximate surface area is 670 Å². The van der Waals surface area contributed by atoms with Crippen LogP contribution in [-0.4, -0.2) is 229 Å². The minimum absolute atomic E-state index is 0.351. The molecular weight excluding hydrogens is 1350 g/mol. The molecule has 26 fully saturated rings. The van der Waals surface area contributed by atoms with Gasteiger partial charge >= 0.3 is 0 Å². The second-order valence-electron chi connectivity index (χ2n) is 40.0. The quantitative estimate of drug-likeness (QED) is 0.168. The summed E-state index contributed by atoms with van der Waals surface area (Å²) < 4.78 is 44.6. The van der Waals surface area contributed by atoms with Crippen molar-refractivity contribution in [2.45, 2.75) is 392 Å². The first-order valence-corrected chi connectivity index (χ1v) is 48.4. The van der Waals surface area contributed by atoms with Gasteiger partial charge in [0.15, 0.2) is 0 Å². The Kier molecular flexibility index (Phi) is 35.8. The Morgan fingerprint density at radius 3 is 1.26 bits per heavy atom. The van der Waals surface area contributed by atoms with E-state index in [1.165, 1.54) is 284 Å². The van der Waals surface area contributed by atoms with Gasteiger partial charge in [-0.25, -0.2) is 0 Å². The van der Waals surface area contributed by atoms with Crippen molar-refractivity contribution in [3.63, 3.8) is 0 Å². The second kappa shape index (κ2) is 44.5. The third-order valence-corrected chi connectivity index (χ3v) is 32.5. The molecule has 12 saturated heterocycles. The van der Waals surface area contributed by atoms with Crippen LogP contribution in [-0.2, 0) is 37.9 Å². The van der Waals surface area contributed by atoms with Crippen LogP contribution in [0.25, 0.3) is 0 Å². The van der Waals surface area contributed by atoms with Gasteiger partial charge in [-0.1, -0.05) is 20.3 Å². The van der Waals surface area contributed by atoms with Crippen LogP contribution >= 0.6 is 0 Å². The number of methoxy groups -OCH3 is 1. The molecule has 0 aromatic heterocycles. The van der Waals surface area contributed by atoms with Gasteiger partial charge in [-0.2, -0.15) is 0 Å². The van der Waals surface area contributed by atoms with Crippen LogP contribution in [0.3, 0.4) is 0 Å². The Bertz CT molecular complexity index is 2300. The fourth-order valence-electron chi connectivity index (χ4n) is 27.9. The minimum Gasteiger partial charge on any atom is -0.385 e. The molecule has 12 heterocycles. The standard InChI is InChI=1S/C12H20O.C11H21NO.C10H18O.C9H17NO.C9H15N.2C9H16O.2C8H15N.C7H13NO.C3H8O/c1-2-13-12-6-9-3-10(7-12)5-11(4-9)8-12;1-3-13-11-7-9-5-4-6-10(8-11)12(9)2;1-2-11-10-7-8-3-5-9(10)6-4-8;1-2-11-9-7-8-3-5-10(9)6-4-8;1-7-2-9-3-8(1)5-10(4-7)6-9;1-2-10-9-6-7-3-4-8(9)5-7;1-2-10-9-7-3-4-8(9)6-5-7;2*1-2-9-6-7-3-4-8(9)5-7;1-5-2-6-3-7(9-5)4-8-6;1-3-4-2/h9-11H,2-8H2,1H3;9-11H,3-8H2,1-2H3;8-10H,2-7H2,1H3;8-9H,2-7H2,1H3;7-9H,1-6H2;2*7-9H,2-6H2,1H3;2*7-8H,2-6H2,1H3;5-8H,2-4H2,1H3;3H2,1-2H3/t;;;;;;;;;5?,6-,7+;/m.........1./s1. The van der Waals surface area contributed by atoms with E-state index in [1.54, 1.807) is 26.4 Å². The summed E-state index contributed by atoms with van der Waals surface area (Å²) in [7, 11) is 3.97. The van der Waals surface area contributed by atoms with Gasteiger partial charge in [0, 0.05) is 136 Å². The van der Waals surface area contributed by atoms with Gasteiger partial charge in [-0.3, -0.25) is 4.90 Å². The summed E-state index contributed by atoms with van der Waals surface area (Å²) in [6.07, 6.45) is 58.3. The molecule has 12 unspecified atom stereocenters. The monoisotopic (exact) mass is 1530 g/mol. The summed E-state index contributed by atoms with van der Waals surface area (Å²) in [5, 5.41) is 3.42. The van der Waals surface area contributed by atoms with E-state index < -0.39 is 0 Å². The van der Waals surface area contributed by atoms with Crippen molar-refractivity contribution in [3.05, 3.63) is 0 Å². The van der Waals surface area contributed by atoms with Gasteiger partial charge in [0.05, 0.1) is 42.2 Å². The van der Waals surface area contributed by atoms with Crippen molar-refractivity contribution in [2.75, 3.05) is 126 Å².